The van der Waals surface area contributed by atoms with Crippen molar-refractivity contribution < 1.29 is 4.79 Å². The van der Waals surface area contributed by atoms with E-state index in [4.69, 9.17) is 0 Å². The molecule has 0 radical (unpaired) electrons. The van der Waals surface area contributed by atoms with Crippen molar-refractivity contribution in [2.24, 2.45) is 11.0 Å². The maximum Gasteiger partial charge on any atom is 0.240 e. The number of rotatable bonds is 2. The summed E-state index contributed by atoms with van der Waals surface area (Å²) in [6.07, 6.45) is 1.65. The van der Waals surface area contributed by atoms with E-state index in [1.165, 1.54) is 5.56 Å². The highest BCUT2D eigenvalue weighted by Gasteiger charge is 2.29. The number of nitrogens with zero attached hydrogens (tertiary/aromatic N) is 2. The molecular formula is C14H17N3O. The summed E-state index contributed by atoms with van der Waals surface area (Å²) < 4.78 is 0. The van der Waals surface area contributed by atoms with Crippen LogP contribution < -0.4 is 5.43 Å². The first-order valence-electron chi connectivity index (χ1n) is 6.43. The average molecular weight is 243 g/mol. The SMILES string of the molecule is O=C1CC2CCN(Cc3ccccc3)CC2=NN1. The summed E-state index contributed by atoms with van der Waals surface area (Å²) in [5.74, 6) is 0.422. The van der Waals surface area contributed by atoms with Gasteiger partial charge < -0.3 is 0 Å². The van der Waals surface area contributed by atoms with Crippen LogP contribution in [0.2, 0.25) is 0 Å². The minimum atomic E-state index is 0.0558. The molecule has 4 nitrogen and oxygen atoms in total. The first-order chi connectivity index (χ1) is 8.81. The van der Waals surface area contributed by atoms with Gasteiger partial charge in [0.2, 0.25) is 5.91 Å². The number of nitrogens with one attached hydrogen (secondary N) is 1. The maximum atomic E-state index is 11.3. The topological polar surface area (TPSA) is 44.7 Å². The summed E-state index contributed by atoms with van der Waals surface area (Å²) in [6.45, 7) is 2.88. The van der Waals surface area contributed by atoms with E-state index in [1.807, 2.05) is 6.07 Å². The Balaban J connectivity index is 1.65. The second-order valence-corrected chi connectivity index (χ2v) is 5.02. The van der Waals surface area contributed by atoms with E-state index in [2.05, 4.69) is 39.7 Å². The molecule has 1 amide bonds. The van der Waals surface area contributed by atoms with Crippen LogP contribution in [-0.4, -0.2) is 29.6 Å². The summed E-state index contributed by atoms with van der Waals surface area (Å²) in [5, 5.41) is 4.20. The lowest BCUT2D eigenvalue weighted by Crippen LogP contribution is -2.45. The summed E-state index contributed by atoms with van der Waals surface area (Å²) in [5.41, 5.74) is 5.05. The third-order valence-corrected chi connectivity index (χ3v) is 3.66. The maximum absolute atomic E-state index is 11.3. The molecule has 3 rings (SSSR count). The number of hydrogen-bond donors (Lipinski definition) is 1. The van der Waals surface area contributed by atoms with E-state index in [0.717, 1.165) is 31.8 Å². The van der Waals surface area contributed by atoms with Gasteiger partial charge in [-0.15, -0.1) is 0 Å². The highest BCUT2D eigenvalue weighted by atomic mass is 16.2. The standard InChI is InChI=1S/C14H17N3O/c18-14-8-12-6-7-17(10-13(12)15-16-14)9-11-4-2-1-3-5-11/h1-5,12H,6-10H2,(H,16,18). The Morgan fingerprint density at radius 1 is 1.33 bits per heavy atom. The van der Waals surface area contributed by atoms with Gasteiger partial charge in [-0.05, 0) is 18.5 Å². The molecule has 1 aromatic rings. The molecule has 1 aromatic carbocycles. The van der Waals surface area contributed by atoms with Gasteiger partial charge in [0.15, 0.2) is 0 Å². The Morgan fingerprint density at radius 2 is 2.17 bits per heavy atom. The summed E-state index contributed by atoms with van der Waals surface area (Å²) >= 11 is 0. The first-order valence-corrected chi connectivity index (χ1v) is 6.43. The van der Waals surface area contributed by atoms with Gasteiger partial charge in [0, 0.05) is 25.4 Å². The minimum Gasteiger partial charge on any atom is -0.293 e. The van der Waals surface area contributed by atoms with Crippen LogP contribution in [0.5, 0.6) is 0 Å². The smallest absolute Gasteiger partial charge is 0.240 e. The fourth-order valence-electron chi connectivity index (χ4n) is 2.67. The van der Waals surface area contributed by atoms with E-state index in [0.29, 0.717) is 12.3 Å². The number of hydrogen-bond acceptors (Lipinski definition) is 3. The minimum absolute atomic E-state index is 0.0558. The van der Waals surface area contributed by atoms with Crippen LogP contribution in [-0.2, 0) is 11.3 Å². The number of amides is 1. The van der Waals surface area contributed by atoms with Crippen molar-refractivity contribution >= 4 is 11.6 Å². The first kappa shape index (κ1) is 11.4. The molecule has 0 spiro atoms. The lowest BCUT2D eigenvalue weighted by molar-refractivity contribution is -0.122. The molecule has 0 saturated carbocycles. The quantitative estimate of drug-likeness (QED) is 0.853. The molecule has 4 heteroatoms. The normalized spacial score (nSPS) is 24.1. The third-order valence-electron chi connectivity index (χ3n) is 3.66. The lowest BCUT2D eigenvalue weighted by atomic mass is 9.90. The lowest BCUT2D eigenvalue weighted by Gasteiger charge is -2.34. The summed E-state index contributed by atoms with van der Waals surface area (Å²) in [4.78, 5) is 13.6. The zero-order valence-electron chi connectivity index (χ0n) is 10.3. The van der Waals surface area contributed by atoms with Gasteiger partial charge in [0.05, 0.1) is 5.71 Å². The molecular weight excluding hydrogens is 226 g/mol. The number of carbonyl (C=O) groups is 1. The molecule has 1 saturated heterocycles. The molecule has 0 aliphatic carbocycles. The van der Waals surface area contributed by atoms with E-state index in [9.17, 15) is 4.79 Å². The average Bonchev–Trinajstić information content (AvgIpc) is 2.40. The van der Waals surface area contributed by atoms with Gasteiger partial charge in [0.1, 0.15) is 0 Å². The van der Waals surface area contributed by atoms with Crippen LogP contribution >= 0.6 is 0 Å². The van der Waals surface area contributed by atoms with Crippen molar-refractivity contribution in [2.75, 3.05) is 13.1 Å². The number of fused-ring (bicyclic) bond motifs is 1. The third kappa shape index (κ3) is 2.43. The van der Waals surface area contributed by atoms with E-state index >= 15 is 0 Å². The fourth-order valence-corrected chi connectivity index (χ4v) is 2.67. The molecule has 1 unspecified atom stereocenters. The molecule has 0 aromatic heterocycles. The van der Waals surface area contributed by atoms with Crippen molar-refractivity contribution in [1.82, 2.24) is 10.3 Å². The number of piperidine rings is 1. The predicted octanol–water partition coefficient (Wildman–Crippen LogP) is 1.38. The van der Waals surface area contributed by atoms with Crippen LogP contribution in [0.25, 0.3) is 0 Å². The van der Waals surface area contributed by atoms with Gasteiger partial charge in [-0.3, -0.25) is 9.69 Å². The van der Waals surface area contributed by atoms with Crippen LogP contribution in [0.4, 0.5) is 0 Å². The number of benzene rings is 1. The second-order valence-electron chi connectivity index (χ2n) is 5.02. The van der Waals surface area contributed by atoms with Gasteiger partial charge >= 0.3 is 0 Å². The second kappa shape index (κ2) is 4.90. The van der Waals surface area contributed by atoms with Crippen molar-refractivity contribution in [3.8, 4) is 0 Å². The molecule has 94 valence electrons. The summed E-state index contributed by atoms with van der Waals surface area (Å²) in [7, 11) is 0. The zero-order valence-corrected chi connectivity index (χ0v) is 10.3. The Bertz CT molecular complexity index is 469. The Labute approximate surface area is 107 Å². The Kier molecular flexibility index (Phi) is 3.11. The molecule has 1 atom stereocenters. The molecule has 1 fully saturated rings. The number of likely N-dealkylation sites (tertiary alicyclic amines) is 1. The van der Waals surface area contributed by atoms with Gasteiger partial charge in [-0.25, -0.2) is 5.43 Å². The van der Waals surface area contributed by atoms with Crippen LogP contribution in [0.3, 0.4) is 0 Å². The largest absolute Gasteiger partial charge is 0.293 e. The molecule has 0 bridgehead atoms. The fraction of sp³-hybridized carbons (Fsp3) is 0.429. The predicted molar refractivity (Wildman–Crippen MR) is 70.0 cm³/mol. The van der Waals surface area contributed by atoms with Crippen molar-refractivity contribution in [1.29, 1.82) is 0 Å². The van der Waals surface area contributed by atoms with E-state index in [1.54, 1.807) is 0 Å². The van der Waals surface area contributed by atoms with Crippen molar-refractivity contribution in [2.45, 2.75) is 19.4 Å². The van der Waals surface area contributed by atoms with E-state index < -0.39 is 0 Å². The van der Waals surface area contributed by atoms with E-state index in [-0.39, 0.29) is 5.91 Å². The monoisotopic (exact) mass is 243 g/mol. The highest BCUT2D eigenvalue weighted by molar-refractivity contribution is 5.96. The van der Waals surface area contributed by atoms with Crippen molar-refractivity contribution in [3.05, 3.63) is 35.9 Å². The van der Waals surface area contributed by atoms with Crippen LogP contribution in [0.1, 0.15) is 18.4 Å². The molecule has 2 aliphatic rings. The van der Waals surface area contributed by atoms with Gasteiger partial charge in [0.25, 0.3) is 0 Å². The van der Waals surface area contributed by atoms with Crippen molar-refractivity contribution in [3.63, 3.8) is 0 Å². The highest BCUT2D eigenvalue weighted by Crippen LogP contribution is 2.22. The van der Waals surface area contributed by atoms with Gasteiger partial charge in [-0.2, -0.15) is 5.10 Å². The molecule has 2 aliphatic heterocycles. The van der Waals surface area contributed by atoms with Crippen LogP contribution in [0.15, 0.2) is 35.4 Å². The number of carbonyl (C=O) groups excluding carboxylic acids is 1. The molecule has 1 N–H and O–H groups in total. The zero-order chi connectivity index (χ0) is 12.4. The Morgan fingerprint density at radius 3 is 3.00 bits per heavy atom. The Hall–Kier alpha value is -1.68. The molecule has 18 heavy (non-hydrogen) atoms. The molecule has 2 heterocycles. The summed E-state index contributed by atoms with van der Waals surface area (Å²) in [6, 6.07) is 10.5. The van der Waals surface area contributed by atoms with Gasteiger partial charge in [-0.1, -0.05) is 30.3 Å². The number of hydrazone groups is 1. The van der Waals surface area contributed by atoms with Crippen LogP contribution in [0, 0.1) is 5.92 Å².